The van der Waals surface area contributed by atoms with Gasteiger partial charge in [-0.25, -0.2) is 0 Å². The third-order valence-electron chi connectivity index (χ3n) is 5.70. The molecule has 0 unspecified atom stereocenters. The van der Waals surface area contributed by atoms with Crippen molar-refractivity contribution in [1.29, 1.82) is 0 Å². The number of carbonyl (C=O) groups is 1. The SMILES string of the molecule is C/C=C\c1cc2c(cn1)cc(-c1cc(NC(=O)c3cccc(C(F)(F)F)c3)ccc1C)c(=O)n2C. The molecular weight excluding hydrogens is 455 g/mol. The minimum Gasteiger partial charge on any atom is -0.322 e. The molecule has 4 aromatic rings. The van der Waals surface area contributed by atoms with Crippen LogP contribution in [0.15, 0.2) is 71.7 Å². The second-order valence-corrected chi connectivity index (χ2v) is 8.15. The van der Waals surface area contributed by atoms with E-state index >= 15 is 0 Å². The van der Waals surface area contributed by atoms with Crippen molar-refractivity contribution in [2.24, 2.45) is 7.05 Å². The predicted molar refractivity (Wildman–Crippen MR) is 131 cm³/mol. The van der Waals surface area contributed by atoms with Crippen LogP contribution in [-0.4, -0.2) is 15.5 Å². The Hall–Kier alpha value is -4.20. The maximum atomic E-state index is 13.2. The number of rotatable bonds is 4. The van der Waals surface area contributed by atoms with Crippen molar-refractivity contribution in [2.45, 2.75) is 20.0 Å². The van der Waals surface area contributed by atoms with Crippen LogP contribution in [0.3, 0.4) is 0 Å². The Morgan fingerprint density at radius 1 is 1.06 bits per heavy atom. The lowest BCUT2D eigenvalue weighted by molar-refractivity contribution is -0.137. The Labute approximate surface area is 199 Å². The van der Waals surface area contributed by atoms with Crippen LogP contribution in [0.2, 0.25) is 0 Å². The summed E-state index contributed by atoms with van der Waals surface area (Å²) >= 11 is 0. The first-order chi connectivity index (χ1) is 16.6. The zero-order valence-electron chi connectivity index (χ0n) is 19.3. The van der Waals surface area contributed by atoms with Crippen LogP contribution < -0.4 is 10.9 Å². The van der Waals surface area contributed by atoms with E-state index in [-0.39, 0.29) is 11.1 Å². The molecule has 0 spiro atoms. The maximum absolute atomic E-state index is 13.2. The number of nitrogens with zero attached hydrogens (tertiary/aromatic N) is 2. The summed E-state index contributed by atoms with van der Waals surface area (Å²) in [6, 6.07) is 12.8. The molecule has 1 amide bonds. The van der Waals surface area contributed by atoms with Crippen LogP contribution in [-0.2, 0) is 13.2 Å². The van der Waals surface area contributed by atoms with Gasteiger partial charge >= 0.3 is 6.18 Å². The van der Waals surface area contributed by atoms with Gasteiger partial charge in [-0.1, -0.05) is 18.2 Å². The van der Waals surface area contributed by atoms with Crippen LogP contribution in [0.25, 0.3) is 28.1 Å². The molecule has 178 valence electrons. The van der Waals surface area contributed by atoms with Gasteiger partial charge in [0.2, 0.25) is 0 Å². The molecule has 0 aliphatic heterocycles. The number of anilines is 1. The molecule has 0 fully saturated rings. The molecule has 0 atom stereocenters. The zero-order valence-corrected chi connectivity index (χ0v) is 19.3. The van der Waals surface area contributed by atoms with Crippen molar-refractivity contribution in [3.63, 3.8) is 0 Å². The van der Waals surface area contributed by atoms with Crippen molar-refractivity contribution in [1.82, 2.24) is 9.55 Å². The fraction of sp³-hybridized carbons (Fsp3) is 0.148. The largest absolute Gasteiger partial charge is 0.416 e. The summed E-state index contributed by atoms with van der Waals surface area (Å²) in [6.07, 6.45) is 0.857. The van der Waals surface area contributed by atoms with Gasteiger partial charge in [-0.3, -0.25) is 14.6 Å². The number of allylic oxidation sites excluding steroid dienone is 1. The number of hydrogen-bond acceptors (Lipinski definition) is 3. The van der Waals surface area contributed by atoms with Gasteiger partial charge in [0.25, 0.3) is 11.5 Å². The van der Waals surface area contributed by atoms with E-state index in [0.717, 1.165) is 34.3 Å². The molecule has 2 aromatic heterocycles. The number of carbonyl (C=O) groups excluding carboxylic acids is 1. The van der Waals surface area contributed by atoms with Gasteiger partial charge in [-0.2, -0.15) is 13.2 Å². The third-order valence-corrected chi connectivity index (χ3v) is 5.70. The van der Waals surface area contributed by atoms with E-state index in [1.807, 2.05) is 32.1 Å². The van der Waals surface area contributed by atoms with Crippen molar-refractivity contribution in [3.8, 4) is 11.1 Å². The van der Waals surface area contributed by atoms with Gasteiger partial charge in [0.05, 0.1) is 16.8 Å². The molecule has 1 N–H and O–H groups in total. The summed E-state index contributed by atoms with van der Waals surface area (Å²) < 4.78 is 40.6. The van der Waals surface area contributed by atoms with Gasteiger partial charge < -0.3 is 9.88 Å². The number of nitrogens with one attached hydrogen (secondary N) is 1. The summed E-state index contributed by atoms with van der Waals surface area (Å²) in [5.74, 6) is -0.682. The molecule has 35 heavy (non-hydrogen) atoms. The average molecular weight is 477 g/mol. The number of aromatic nitrogens is 2. The molecule has 0 aliphatic carbocycles. The van der Waals surface area contributed by atoms with Crippen molar-refractivity contribution in [2.75, 3.05) is 5.32 Å². The fourth-order valence-corrected chi connectivity index (χ4v) is 3.86. The molecule has 8 heteroatoms. The lowest BCUT2D eigenvalue weighted by atomic mass is 9.99. The van der Waals surface area contributed by atoms with Crippen molar-refractivity contribution >= 4 is 28.6 Å². The van der Waals surface area contributed by atoms with Gasteiger partial charge in [-0.15, -0.1) is 0 Å². The van der Waals surface area contributed by atoms with Crippen LogP contribution >= 0.6 is 0 Å². The first-order valence-corrected chi connectivity index (χ1v) is 10.8. The van der Waals surface area contributed by atoms with Gasteiger partial charge in [0, 0.05) is 35.4 Å². The Morgan fingerprint density at radius 2 is 1.83 bits per heavy atom. The molecule has 5 nitrogen and oxygen atoms in total. The second kappa shape index (κ2) is 9.21. The summed E-state index contributed by atoms with van der Waals surface area (Å²) in [5, 5.41) is 3.40. The second-order valence-electron chi connectivity index (χ2n) is 8.15. The van der Waals surface area contributed by atoms with Crippen molar-refractivity contribution < 1.29 is 18.0 Å². The Morgan fingerprint density at radius 3 is 2.54 bits per heavy atom. The molecule has 2 heterocycles. The molecule has 0 saturated carbocycles. The van der Waals surface area contributed by atoms with E-state index < -0.39 is 17.6 Å². The summed E-state index contributed by atoms with van der Waals surface area (Å²) in [4.78, 5) is 30.3. The number of pyridine rings is 2. The zero-order chi connectivity index (χ0) is 25.3. The van der Waals surface area contributed by atoms with E-state index in [0.29, 0.717) is 16.8 Å². The number of aryl methyl sites for hydroxylation is 2. The number of benzene rings is 2. The number of hydrogen-bond donors (Lipinski definition) is 1. The normalized spacial score (nSPS) is 11.8. The van der Waals surface area contributed by atoms with E-state index in [4.69, 9.17) is 0 Å². The fourth-order valence-electron chi connectivity index (χ4n) is 3.86. The van der Waals surface area contributed by atoms with Gasteiger partial charge in [0.1, 0.15) is 0 Å². The summed E-state index contributed by atoms with van der Waals surface area (Å²) in [5.41, 5.74) is 2.41. The molecule has 4 rings (SSSR count). The molecule has 0 bridgehead atoms. The highest BCUT2D eigenvalue weighted by molar-refractivity contribution is 6.04. The number of halogens is 3. The Kier molecular flexibility index (Phi) is 6.30. The van der Waals surface area contributed by atoms with Crippen LogP contribution in [0.1, 0.15) is 34.1 Å². The lowest BCUT2D eigenvalue weighted by Gasteiger charge is -2.14. The topological polar surface area (TPSA) is 64.0 Å². The quantitative estimate of drug-likeness (QED) is 0.380. The molecular formula is C27H22F3N3O2. The van der Waals surface area contributed by atoms with E-state index in [2.05, 4.69) is 10.3 Å². The molecule has 2 aromatic carbocycles. The summed E-state index contributed by atoms with van der Waals surface area (Å²) in [6.45, 7) is 3.72. The number of alkyl halides is 3. The highest BCUT2D eigenvalue weighted by Crippen LogP contribution is 2.30. The van der Waals surface area contributed by atoms with Crippen LogP contribution in [0.5, 0.6) is 0 Å². The molecule has 0 radical (unpaired) electrons. The van der Waals surface area contributed by atoms with Gasteiger partial charge in [0.15, 0.2) is 0 Å². The monoisotopic (exact) mass is 477 g/mol. The first-order valence-electron chi connectivity index (χ1n) is 10.8. The lowest BCUT2D eigenvalue weighted by Crippen LogP contribution is -2.19. The smallest absolute Gasteiger partial charge is 0.322 e. The standard InChI is InChI=1S/C27H22F3N3O2/c1-4-6-20-14-24-18(15-31-20)12-23(26(35)33(24)3)22-13-21(10-9-16(22)2)32-25(34)17-7-5-8-19(11-17)27(28,29)30/h4-15H,1-3H3,(H,32,34)/b6-4-. The highest BCUT2D eigenvalue weighted by atomic mass is 19.4. The number of fused-ring (bicyclic) bond motifs is 1. The van der Waals surface area contributed by atoms with Gasteiger partial charge in [-0.05, 0) is 73.5 Å². The van der Waals surface area contributed by atoms with E-state index in [9.17, 15) is 22.8 Å². The third kappa shape index (κ3) is 4.87. The Balaban J connectivity index is 1.72. The highest BCUT2D eigenvalue weighted by Gasteiger charge is 2.30. The summed E-state index contributed by atoms with van der Waals surface area (Å²) in [7, 11) is 1.68. The molecule has 0 saturated heterocycles. The van der Waals surface area contributed by atoms with Crippen molar-refractivity contribution in [3.05, 3.63) is 99.6 Å². The minimum absolute atomic E-state index is 0.119. The predicted octanol–water partition coefficient (Wildman–Crippen LogP) is 6.21. The van der Waals surface area contributed by atoms with E-state index in [1.165, 1.54) is 12.1 Å². The van der Waals surface area contributed by atoms with E-state index in [1.54, 1.807) is 42.1 Å². The minimum atomic E-state index is -4.55. The molecule has 0 aliphatic rings. The number of amides is 1. The Bertz CT molecular complexity index is 1540. The van der Waals surface area contributed by atoms with Crippen LogP contribution in [0.4, 0.5) is 18.9 Å². The first kappa shape index (κ1) is 23.9. The van der Waals surface area contributed by atoms with Crippen LogP contribution in [0, 0.1) is 6.92 Å². The maximum Gasteiger partial charge on any atom is 0.416 e. The average Bonchev–Trinajstić information content (AvgIpc) is 2.83.